The van der Waals surface area contributed by atoms with E-state index >= 15 is 0 Å². The molecular formula is C44H83NO5. The monoisotopic (exact) mass is 706 g/mol. The van der Waals surface area contributed by atoms with E-state index < -0.39 is 18.2 Å². The molecule has 50 heavy (non-hydrogen) atoms. The molecular weight excluding hydrogens is 622 g/mol. The van der Waals surface area contributed by atoms with Crippen molar-refractivity contribution >= 4 is 11.9 Å². The van der Waals surface area contributed by atoms with Crippen LogP contribution in [0.15, 0.2) is 24.3 Å². The van der Waals surface area contributed by atoms with Gasteiger partial charge in [-0.15, -0.1) is 0 Å². The molecule has 0 radical (unpaired) electrons. The second-order valence-corrected chi connectivity index (χ2v) is 14.7. The van der Waals surface area contributed by atoms with Crippen molar-refractivity contribution in [2.75, 3.05) is 6.61 Å². The predicted octanol–water partition coefficient (Wildman–Crippen LogP) is 12.0. The molecule has 0 bridgehead atoms. The normalized spacial score (nSPS) is 13.6. The molecule has 0 spiro atoms. The quantitative estimate of drug-likeness (QED) is 0.0337. The molecule has 6 nitrogen and oxygen atoms in total. The summed E-state index contributed by atoms with van der Waals surface area (Å²) in [6.45, 7) is 6.41. The number of nitrogens with one attached hydrogen (secondary N) is 1. The van der Waals surface area contributed by atoms with E-state index in [1.54, 1.807) is 0 Å². The van der Waals surface area contributed by atoms with Crippen molar-refractivity contribution in [3.05, 3.63) is 24.3 Å². The summed E-state index contributed by atoms with van der Waals surface area (Å²) in [5.74, 6) is -0.553. The number of hydrogen-bond donors (Lipinski definition) is 3. The van der Waals surface area contributed by atoms with Crippen LogP contribution in [-0.2, 0) is 14.3 Å². The van der Waals surface area contributed by atoms with Gasteiger partial charge in [0.25, 0.3) is 0 Å². The Kier molecular flexibility index (Phi) is 37.3. The molecule has 0 aliphatic heterocycles. The van der Waals surface area contributed by atoms with E-state index in [4.69, 9.17) is 4.74 Å². The Balaban J connectivity index is 4.63. The molecule has 0 saturated carbocycles. The van der Waals surface area contributed by atoms with Gasteiger partial charge in [0.15, 0.2) is 0 Å². The van der Waals surface area contributed by atoms with Crippen LogP contribution in [0.5, 0.6) is 0 Å². The SMILES string of the molecule is CCCCCCCC/C=C\C/C=C/CCC(=O)OC(CCCCCCCCCCC)CC(=O)NC(CO)C(O)CCCCCCCCCCC. The molecule has 294 valence electrons. The Morgan fingerprint density at radius 2 is 1.02 bits per heavy atom. The van der Waals surface area contributed by atoms with Crippen molar-refractivity contribution < 1.29 is 24.5 Å². The second-order valence-electron chi connectivity index (χ2n) is 14.7. The number of ether oxygens (including phenoxy) is 1. The van der Waals surface area contributed by atoms with Gasteiger partial charge in [-0.3, -0.25) is 9.59 Å². The van der Waals surface area contributed by atoms with Crippen molar-refractivity contribution in [3.63, 3.8) is 0 Å². The third-order valence-electron chi connectivity index (χ3n) is 9.80. The maximum atomic E-state index is 13.0. The molecule has 0 heterocycles. The van der Waals surface area contributed by atoms with Gasteiger partial charge in [0.05, 0.1) is 25.2 Å². The Morgan fingerprint density at radius 1 is 0.580 bits per heavy atom. The van der Waals surface area contributed by atoms with E-state index in [0.717, 1.165) is 51.4 Å². The largest absolute Gasteiger partial charge is 0.462 e. The number of aliphatic hydroxyl groups excluding tert-OH is 2. The first kappa shape index (κ1) is 48.3. The molecule has 0 aliphatic carbocycles. The maximum absolute atomic E-state index is 13.0. The van der Waals surface area contributed by atoms with Gasteiger partial charge in [0.1, 0.15) is 6.10 Å². The lowest BCUT2D eigenvalue weighted by atomic mass is 10.0. The Bertz CT molecular complexity index is 797. The zero-order valence-electron chi connectivity index (χ0n) is 33.3. The molecule has 0 rings (SSSR count). The molecule has 1 amide bonds. The second kappa shape index (κ2) is 38.6. The van der Waals surface area contributed by atoms with E-state index in [9.17, 15) is 19.8 Å². The van der Waals surface area contributed by atoms with Crippen LogP contribution in [0.4, 0.5) is 0 Å². The molecule has 6 heteroatoms. The van der Waals surface area contributed by atoms with Crippen LogP contribution in [0.3, 0.4) is 0 Å². The Morgan fingerprint density at radius 3 is 1.52 bits per heavy atom. The summed E-state index contributed by atoms with van der Waals surface area (Å²) in [6, 6.07) is -0.703. The highest BCUT2D eigenvalue weighted by Gasteiger charge is 2.24. The highest BCUT2D eigenvalue weighted by molar-refractivity contribution is 5.77. The molecule has 3 atom stereocenters. The number of rotatable bonds is 38. The molecule has 3 N–H and O–H groups in total. The van der Waals surface area contributed by atoms with Gasteiger partial charge in [-0.2, -0.15) is 0 Å². The summed E-state index contributed by atoms with van der Waals surface area (Å²) in [6.07, 6.45) is 41.1. The lowest BCUT2D eigenvalue weighted by Gasteiger charge is -2.24. The van der Waals surface area contributed by atoms with Gasteiger partial charge >= 0.3 is 5.97 Å². The zero-order valence-corrected chi connectivity index (χ0v) is 33.3. The number of esters is 1. The fraction of sp³-hybridized carbons (Fsp3) is 0.864. The van der Waals surface area contributed by atoms with Crippen LogP contribution in [0.1, 0.15) is 220 Å². The average molecular weight is 706 g/mol. The summed E-state index contributed by atoms with van der Waals surface area (Å²) in [7, 11) is 0. The topological polar surface area (TPSA) is 95.9 Å². The lowest BCUT2D eigenvalue weighted by Crippen LogP contribution is -2.46. The summed E-state index contributed by atoms with van der Waals surface area (Å²) in [5, 5.41) is 23.5. The average Bonchev–Trinajstić information content (AvgIpc) is 3.10. The Hall–Kier alpha value is -1.66. The van der Waals surface area contributed by atoms with Crippen molar-refractivity contribution in [1.29, 1.82) is 0 Å². The van der Waals surface area contributed by atoms with Crippen molar-refractivity contribution in [2.45, 2.75) is 238 Å². The molecule has 0 aliphatic rings. The van der Waals surface area contributed by atoms with E-state index in [1.807, 2.05) is 6.08 Å². The minimum Gasteiger partial charge on any atom is -0.462 e. The molecule has 0 aromatic carbocycles. The number of amides is 1. The van der Waals surface area contributed by atoms with Gasteiger partial charge in [0.2, 0.25) is 5.91 Å². The summed E-state index contributed by atoms with van der Waals surface area (Å²) >= 11 is 0. The van der Waals surface area contributed by atoms with Crippen LogP contribution in [-0.4, -0.2) is 46.9 Å². The molecule has 0 aromatic heterocycles. The first-order chi connectivity index (χ1) is 24.5. The Labute approximate surface area is 310 Å². The first-order valence-corrected chi connectivity index (χ1v) is 21.6. The number of carbonyl (C=O) groups is 2. The van der Waals surface area contributed by atoms with E-state index in [2.05, 4.69) is 44.3 Å². The van der Waals surface area contributed by atoms with Crippen molar-refractivity contribution in [2.24, 2.45) is 0 Å². The van der Waals surface area contributed by atoms with Crippen LogP contribution in [0.25, 0.3) is 0 Å². The standard InChI is InChI=1S/C44H83NO5/c1-4-7-10-13-16-19-20-21-22-25-28-31-34-37-44(49)50-40(35-32-29-26-23-17-14-11-8-5-2)38-43(48)45-41(39-46)42(47)36-33-30-27-24-18-15-12-9-6-3/h21-22,28,31,40-42,46-47H,4-20,23-27,29-30,32-39H2,1-3H3,(H,45,48)/b22-21-,31-28+. The van der Waals surface area contributed by atoms with Crippen molar-refractivity contribution in [1.82, 2.24) is 5.32 Å². The predicted molar refractivity (Wildman–Crippen MR) is 213 cm³/mol. The molecule has 0 saturated heterocycles. The lowest BCUT2D eigenvalue weighted by molar-refractivity contribution is -0.150. The van der Waals surface area contributed by atoms with E-state index in [0.29, 0.717) is 25.7 Å². The number of unbranched alkanes of at least 4 members (excludes halogenated alkanes) is 22. The molecule has 0 fully saturated rings. The zero-order chi connectivity index (χ0) is 36.8. The smallest absolute Gasteiger partial charge is 0.306 e. The molecule has 0 aromatic rings. The van der Waals surface area contributed by atoms with E-state index in [-0.39, 0.29) is 24.9 Å². The van der Waals surface area contributed by atoms with Crippen LogP contribution < -0.4 is 5.32 Å². The third-order valence-corrected chi connectivity index (χ3v) is 9.80. The van der Waals surface area contributed by atoms with Crippen LogP contribution in [0.2, 0.25) is 0 Å². The molecule has 3 unspecified atom stereocenters. The van der Waals surface area contributed by atoms with Crippen LogP contribution in [0, 0.1) is 0 Å². The van der Waals surface area contributed by atoms with Gasteiger partial charge < -0.3 is 20.3 Å². The number of aliphatic hydroxyl groups is 2. The van der Waals surface area contributed by atoms with Crippen molar-refractivity contribution in [3.8, 4) is 0 Å². The number of carbonyl (C=O) groups excluding carboxylic acids is 2. The first-order valence-electron chi connectivity index (χ1n) is 21.6. The number of allylic oxidation sites excluding steroid dienone is 4. The third kappa shape index (κ3) is 33.5. The van der Waals surface area contributed by atoms with E-state index in [1.165, 1.54) is 116 Å². The maximum Gasteiger partial charge on any atom is 0.306 e. The fourth-order valence-electron chi connectivity index (χ4n) is 6.48. The minimum atomic E-state index is -0.788. The fourth-order valence-corrected chi connectivity index (χ4v) is 6.48. The summed E-state index contributed by atoms with van der Waals surface area (Å²) in [4.78, 5) is 25.8. The number of hydrogen-bond acceptors (Lipinski definition) is 5. The van der Waals surface area contributed by atoms with Gasteiger partial charge in [-0.05, 0) is 44.9 Å². The van der Waals surface area contributed by atoms with Gasteiger partial charge in [-0.1, -0.05) is 186 Å². The summed E-state index contributed by atoms with van der Waals surface area (Å²) < 4.78 is 5.84. The van der Waals surface area contributed by atoms with Gasteiger partial charge in [-0.25, -0.2) is 0 Å². The summed E-state index contributed by atoms with van der Waals surface area (Å²) in [5.41, 5.74) is 0. The highest BCUT2D eigenvalue weighted by atomic mass is 16.5. The highest BCUT2D eigenvalue weighted by Crippen LogP contribution is 2.17. The minimum absolute atomic E-state index is 0.0588. The van der Waals surface area contributed by atoms with Gasteiger partial charge in [0, 0.05) is 6.42 Å². The van der Waals surface area contributed by atoms with Crippen LogP contribution >= 0.6 is 0 Å².